The lowest BCUT2D eigenvalue weighted by Crippen LogP contribution is -2.42. The number of rotatable bonds is 6. The van der Waals surface area contributed by atoms with Crippen LogP contribution in [-0.2, 0) is 4.74 Å². The van der Waals surface area contributed by atoms with E-state index in [4.69, 9.17) is 15.3 Å². The van der Waals surface area contributed by atoms with Crippen LogP contribution in [0.2, 0.25) is 0 Å². The predicted octanol–water partition coefficient (Wildman–Crippen LogP) is 2.75. The molecule has 2 saturated carbocycles. The van der Waals surface area contributed by atoms with Crippen LogP contribution in [0.3, 0.4) is 0 Å². The van der Waals surface area contributed by atoms with Gasteiger partial charge in [0.05, 0.1) is 18.4 Å². The average Bonchev–Trinajstić information content (AvgIpc) is 3.34. The van der Waals surface area contributed by atoms with Gasteiger partial charge in [0.1, 0.15) is 11.3 Å². The second kappa shape index (κ2) is 8.89. The Bertz CT molecular complexity index is 930. The number of nitrogens with one attached hydrogen (secondary N) is 3. The molecule has 10 heteroatoms. The Labute approximate surface area is 193 Å². The zero-order chi connectivity index (χ0) is 23.9. The van der Waals surface area contributed by atoms with E-state index in [2.05, 4.69) is 16.1 Å². The maximum atomic E-state index is 15.4. The summed E-state index contributed by atoms with van der Waals surface area (Å²) < 4.78 is 26.5. The van der Waals surface area contributed by atoms with E-state index >= 15 is 4.39 Å². The van der Waals surface area contributed by atoms with Crippen molar-refractivity contribution in [1.82, 2.24) is 10.7 Å². The lowest BCUT2D eigenvalue weighted by atomic mass is 9.98. The summed E-state index contributed by atoms with van der Waals surface area (Å²) in [6.45, 7) is 6.72. The molecular formula is C23H34FN5O4. The van der Waals surface area contributed by atoms with Gasteiger partial charge in [-0.15, -0.1) is 0 Å². The summed E-state index contributed by atoms with van der Waals surface area (Å²) in [5.74, 6) is 5.01. The van der Waals surface area contributed by atoms with Crippen LogP contribution in [0.4, 0.5) is 20.6 Å². The number of fused-ring (bicyclic) bond motifs is 1. The average molecular weight is 464 g/mol. The van der Waals surface area contributed by atoms with E-state index in [0.717, 1.165) is 25.7 Å². The molecule has 1 aromatic carbocycles. The van der Waals surface area contributed by atoms with Crippen LogP contribution in [0.25, 0.3) is 0 Å². The van der Waals surface area contributed by atoms with Gasteiger partial charge in [-0.2, -0.15) is 0 Å². The van der Waals surface area contributed by atoms with Gasteiger partial charge < -0.3 is 25.0 Å². The topological polar surface area (TPSA) is 118 Å². The monoisotopic (exact) mass is 463 g/mol. The smallest absolute Gasteiger partial charge is 0.407 e. The zero-order valence-electron chi connectivity index (χ0n) is 19.7. The number of hydrogen-bond donors (Lipinski definition) is 4. The van der Waals surface area contributed by atoms with Gasteiger partial charge >= 0.3 is 6.09 Å². The summed E-state index contributed by atoms with van der Waals surface area (Å²) in [4.78, 5) is 26.6. The van der Waals surface area contributed by atoms with Gasteiger partial charge in [0.2, 0.25) is 0 Å². The fraction of sp³-hybridized carbons (Fsp3) is 0.652. The molecule has 2 aliphatic carbocycles. The molecule has 3 unspecified atom stereocenters. The van der Waals surface area contributed by atoms with Crippen molar-refractivity contribution in [2.24, 2.45) is 17.7 Å². The standard InChI is InChI=1S/C23H34FN5O4/c1-23(2,3)33-22(31)27-17-8-5-12-10-29(11-15(12)17)19-16(24)9-14(21(30)28-25)18(20(19)32-4)26-13-6-7-13/h9,12-13,15,17,26H,5-8,10-11,25H2,1-4H3,(H,27,31)(H,28,30). The van der Waals surface area contributed by atoms with Crippen LogP contribution in [0.15, 0.2) is 6.07 Å². The Morgan fingerprint density at radius 2 is 1.91 bits per heavy atom. The molecule has 3 fully saturated rings. The van der Waals surface area contributed by atoms with E-state index in [1.165, 1.54) is 13.2 Å². The fourth-order valence-corrected chi connectivity index (χ4v) is 5.03. The Balaban J connectivity index is 1.58. The first-order chi connectivity index (χ1) is 15.6. The molecule has 5 N–H and O–H groups in total. The van der Waals surface area contributed by atoms with Crippen molar-refractivity contribution < 1.29 is 23.5 Å². The number of carbonyl (C=O) groups excluding carboxylic acids is 2. The molecular weight excluding hydrogens is 429 g/mol. The highest BCUT2D eigenvalue weighted by atomic mass is 19.1. The van der Waals surface area contributed by atoms with E-state index in [-0.39, 0.29) is 23.6 Å². The number of nitrogens with two attached hydrogens (primary N) is 1. The van der Waals surface area contributed by atoms with Gasteiger partial charge in [-0.3, -0.25) is 10.2 Å². The van der Waals surface area contributed by atoms with E-state index in [1.54, 1.807) is 0 Å². The minimum atomic E-state index is -0.582. The number of ether oxygens (including phenoxy) is 2. The maximum Gasteiger partial charge on any atom is 0.407 e. The first kappa shape index (κ1) is 23.4. The quantitative estimate of drug-likeness (QED) is 0.291. The molecule has 0 spiro atoms. The molecule has 1 heterocycles. The van der Waals surface area contributed by atoms with Crippen molar-refractivity contribution in [3.05, 3.63) is 17.4 Å². The first-order valence-corrected chi connectivity index (χ1v) is 11.5. The van der Waals surface area contributed by atoms with Crippen molar-refractivity contribution in [2.45, 2.75) is 64.1 Å². The molecule has 0 aromatic heterocycles. The summed E-state index contributed by atoms with van der Waals surface area (Å²) in [6, 6.07) is 1.41. The van der Waals surface area contributed by atoms with Crippen molar-refractivity contribution in [2.75, 3.05) is 30.4 Å². The minimum Gasteiger partial charge on any atom is -0.492 e. The Morgan fingerprint density at radius 3 is 2.52 bits per heavy atom. The Morgan fingerprint density at radius 1 is 1.18 bits per heavy atom. The number of halogens is 1. The summed E-state index contributed by atoms with van der Waals surface area (Å²) in [6.07, 6.45) is 3.33. The number of hydrazine groups is 1. The lowest BCUT2D eigenvalue weighted by Gasteiger charge is -2.27. The van der Waals surface area contributed by atoms with Gasteiger partial charge in [0, 0.05) is 31.1 Å². The summed E-state index contributed by atoms with van der Waals surface area (Å²) in [7, 11) is 1.48. The van der Waals surface area contributed by atoms with Gasteiger partial charge in [-0.25, -0.2) is 15.0 Å². The third kappa shape index (κ3) is 4.95. The second-order valence-electron chi connectivity index (χ2n) is 10.2. The van der Waals surface area contributed by atoms with Crippen molar-refractivity contribution in [3.8, 4) is 5.75 Å². The van der Waals surface area contributed by atoms with Crippen molar-refractivity contribution >= 4 is 23.4 Å². The number of benzene rings is 1. The molecule has 1 saturated heterocycles. The van der Waals surface area contributed by atoms with Gasteiger partial charge in [-0.1, -0.05) is 0 Å². The largest absolute Gasteiger partial charge is 0.492 e. The normalized spacial score (nSPS) is 24.3. The van der Waals surface area contributed by atoms with E-state index in [9.17, 15) is 9.59 Å². The molecule has 33 heavy (non-hydrogen) atoms. The number of carbonyl (C=O) groups is 2. The highest BCUT2D eigenvalue weighted by Crippen LogP contribution is 2.47. The lowest BCUT2D eigenvalue weighted by molar-refractivity contribution is 0.0493. The number of nitrogen functional groups attached to an aromatic ring is 1. The second-order valence-corrected chi connectivity index (χ2v) is 10.2. The molecule has 2 amide bonds. The highest BCUT2D eigenvalue weighted by Gasteiger charge is 2.45. The van der Waals surface area contributed by atoms with Crippen LogP contribution in [0, 0.1) is 17.7 Å². The van der Waals surface area contributed by atoms with Gasteiger partial charge in [-0.05, 0) is 58.4 Å². The molecule has 3 aliphatic rings. The van der Waals surface area contributed by atoms with Crippen LogP contribution in [0.5, 0.6) is 5.75 Å². The molecule has 1 aromatic rings. The Kier molecular flexibility index (Phi) is 6.30. The summed E-state index contributed by atoms with van der Waals surface area (Å²) in [5.41, 5.74) is 2.43. The number of amides is 2. The van der Waals surface area contributed by atoms with Crippen LogP contribution < -0.4 is 31.5 Å². The van der Waals surface area contributed by atoms with E-state index < -0.39 is 23.4 Å². The number of methoxy groups -OCH3 is 1. The minimum absolute atomic E-state index is 0.0322. The number of anilines is 2. The first-order valence-electron chi connectivity index (χ1n) is 11.5. The fourth-order valence-electron chi connectivity index (χ4n) is 5.03. The molecule has 9 nitrogen and oxygen atoms in total. The molecule has 3 atom stereocenters. The molecule has 0 radical (unpaired) electrons. The number of nitrogens with zero attached hydrogens (tertiary/aromatic N) is 1. The molecule has 182 valence electrons. The van der Waals surface area contributed by atoms with Crippen LogP contribution in [0.1, 0.15) is 56.8 Å². The zero-order valence-corrected chi connectivity index (χ0v) is 19.7. The van der Waals surface area contributed by atoms with Gasteiger partial charge in [0.15, 0.2) is 11.6 Å². The van der Waals surface area contributed by atoms with Crippen LogP contribution >= 0.6 is 0 Å². The summed E-state index contributed by atoms with van der Waals surface area (Å²) in [5, 5.41) is 6.32. The predicted molar refractivity (Wildman–Crippen MR) is 123 cm³/mol. The number of alkyl carbamates (subject to hydrolysis) is 1. The van der Waals surface area contributed by atoms with Gasteiger partial charge in [0.25, 0.3) is 5.91 Å². The van der Waals surface area contributed by atoms with Crippen LogP contribution in [-0.4, -0.2) is 49.9 Å². The maximum absolute atomic E-state index is 15.4. The third-order valence-electron chi connectivity index (χ3n) is 6.59. The number of hydrogen-bond acceptors (Lipinski definition) is 7. The van der Waals surface area contributed by atoms with E-state index in [1.807, 2.05) is 25.7 Å². The van der Waals surface area contributed by atoms with Crippen molar-refractivity contribution in [3.63, 3.8) is 0 Å². The molecule has 0 bridgehead atoms. The third-order valence-corrected chi connectivity index (χ3v) is 6.59. The highest BCUT2D eigenvalue weighted by molar-refractivity contribution is 6.02. The SMILES string of the molecule is COc1c(NC2CC2)c(C(=O)NN)cc(F)c1N1CC2CCC(NC(=O)OC(C)(C)C)C2C1. The summed E-state index contributed by atoms with van der Waals surface area (Å²) >= 11 is 0. The Hall–Kier alpha value is -2.75. The molecule has 1 aliphatic heterocycles. The van der Waals surface area contributed by atoms with Crippen molar-refractivity contribution in [1.29, 1.82) is 0 Å². The molecule has 4 rings (SSSR count). The van der Waals surface area contributed by atoms with E-state index in [0.29, 0.717) is 36.1 Å².